The van der Waals surface area contributed by atoms with E-state index >= 15 is 0 Å². The van der Waals surface area contributed by atoms with Crippen LogP contribution >= 0.6 is 12.2 Å². The van der Waals surface area contributed by atoms with Gasteiger partial charge in [0, 0.05) is 19.2 Å². The standard InChI is InChI=1S/C13H16N2O3S/c1-8(16)5-6-15(2)12(17)9-3-4-10-11(7-9)18-13(19)14-10/h3-4,7-8,16H,5-6H2,1-2H3,(H,14,19). The first kappa shape index (κ1) is 13.8. The smallest absolute Gasteiger partial charge is 0.266 e. The predicted octanol–water partition coefficient (Wildman–Crippen LogP) is 2.33. The van der Waals surface area contributed by atoms with Gasteiger partial charge in [0.15, 0.2) is 5.58 Å². The van der Waals surface area contributed by atoms with Gasteiger partial charge in [0.25, 0.3) is 10.7 Å². The number of carbonyl (C=O) groups excluding carboxylic acids is 1. The van der Waals surface area contributed by atoms with Gasteiger partial charge in [0.2, 0.25) is 0 Å². The molecule has 0 radical (unpaired) electrons. The summed E-state index contributed by atoms with van der Waals surface area (Å²) in [7, 11) is 1.71. The SMILES string of the molecule is CC(O)CCN(C)C(=O)c1ccc2[nH]c(=S)oc2c1. The number of nitrogens with one attached hydrogen (secondary N) is 1. The molecule has 0 fully saturated rings. The number of rotatable bonds is 4. The summed E-state index contributed by atoms with van der Waals surface area (Å²) < 4.78 is 5.29. The van der Waals surface area contributed by atoms with Gasteiger partial charge in [-0.15, -0.1) is 0 Å². The highest BCUT2D eigenvalue weighted by molar-refractivity contribution is 7.71. The number of amides is 1. The number of aliphatic hydroxyl groups is 1. The van der Waals surface area contributed by atoms with Gasteiger partial charge in [0.05, 0.1) is 11.6 Å². The van der Waals surface area contributed by atoms with Crippen LogP contribution in [0.1, 0.15) is 23.7 Å². The summed E-state index contributed by atoms with van der Waals surface area (Å²) in [6, 6.07) is 5.16. The van der Waals surface area contributed by atoms with Crippen molar-refractivity contribution in [1.82, 2.24) is 9.88 Å². The molecule has 1 aromatic heterocycles. The number of nitrogens with zero attached hydrogens (tertiary/aromatic N) is 1. The second-order valence-corrected chi connectivity index (χ2v) is 4.96. The van der Waals surface area contributed by atoms with Crippen molar-refractivity contribution >= 4 is 29.2 Å². The molecule has 6 heteroatoms. The van der Waals surface area contributed by atoms with E-state index in [0.717, 1.165) is 5.52 Å². The zero-order valence-corrected chi connectivity index (χ0v) is 11.7. The van der Waals surface area contributed by atoms with Crippen LogP contribution in [0, 0.1) is 4.84 Å². The van der Waals surface area contributed by atoms with Gasteiger partial charge in [-0.3, -0.25) is 4.79 Å². The topological polar surface area (TPSA) is 69.5 Å². The number of H-pyrrole nitrogens is 1. The summed E-state index contributed by atoms with van der Waals surface area (Å²) in [4.78, 5) is 16.9. The van der Waals surface area contributed by atoms with Gasteiger partial charge >= 0.3 is 0 Å². The van der Waals surface area contributed by atoms with Gasteiger partial charge in [-0.05, 0) is 43.8 Å². The number of benzene rings is 1. The molecule has 19 heavy (non-hydrogen) atoms. The summed E-state index contributed by atoms with van der Waals surface area (Å²) in [6.45, 7) is 2.21. The fourth-order valence-electron chi connectivity index (χ4n) is 1.78. The first-order chi connectivity index (χ1) is 8.97. The lowest BCUT2D eigenvalue weighted by molar-refractivity contribution is 0.0769. The van der Waals surface area contributed by atoms with Crippen molar-refractivity contribution in [3.05, 3.63) is 28.6 Å². The summed E-state index contributed by atoms with van der Waals surface area (Å²) in [6.07, 6.45) is 0.134. The molecule has 2 rings (SSSR count). The highest BCUT2D eigenvalue weighted by Gasteiger charge is 2.13. The molecule has 2 N–H and O–H groups in total. The summed E-state index contributed by atoms with van der Waals surface area (Å²) >= 11 is 4.90. The molecule has 0 aliphatic heterocycles. The molecule has 1 unspecified atom stereocenters. The fourth-order valence-corrected chi connectivity index (χ4v) is 1.98. The number of aromatic nitrogens is 1. The number of hydrogen-bond donors (Lipinski definition) is 2. The number of hydrogen-bond acceptors (Lipinski definition) is 4. The molecular weight excluding hydrogens is 264 g/mol. The van der Waals surface area contributed by atoms with Crippen molar-refractivity contribution in [2.75, 3.05) is 13.6 Å². The van der Waals surface area contributed by atoms with Gasteiger partial charge in [0.1, 0.15) is 0 Å². The summed E-state index contributed by atoms with van der Waals surface area (Å²) in [5.41, 5.74) is 1.88. The minimum atomic E-state index is -0.417. The number of aromatic amines is 1. The van der Waals surface area contributed by atoms with Crippen molar-refractivity contribution in [3.8, 4) is 0 Å². The van der Waals surface area contributed by atoms with Crippen LogP contribution in [0.25, 0.3) is 11.1 Å². The first-order valence-electron chi connectivity index (χ1n) is 6.04. The van der Waals surface area contributed by atoms with Crippen LogP contribution in [0.5, 0.6) is 0 Å². The third-order valence-electron chi connectivity index (χ3n) is 2.90. The van der Waals surface area contributed by atoms with Gasteiger partial charge in [-0.2, -0.15) is 0 Å². The van der Waals surface area contributed by atoms with Gasteiger partial charge in [-0.1, -0.05) is 0 Å². The van der Waals surface area contributed by atoms with E-state index < -0.39 is 6.10 Å². The zero-order valence-electron chi connectivity index (χ0n) is 10.8. The van der Waals surface area contributed by atoms with Crippen LogP contribution in [-0.4, -0.2) is 40.6 Å². The lowest BCUT2D eigenvalue weighted by Crippen LogP contribution is -2.29. The van der Waals surface area contributed by atoms with Crippen LogP contribution in [0.15, 0.2) is 22.6 Å². The van der Waals surface area contributed by atoms with E-state index in [4.69, 9.17) is 16.6 Å². The largest absolute Gasteiger partial charge is 0.429 e. The molecule has 5 nitrogen and oxygen atoms in total. The molecule has 0 spiro atoms. The Labute approximate surface area is 115 Å². The third-order valence-corrected chi connectivity index (χ3v) is 3.08. The van der Waals surface area contributed by atoms with Crippen LogP contribution in [0.4, 0.5) is 0 Å². The summed E-state index contributed by atoms with van der Waals surface area (Å²) in [5, 5.41) is 9.23. The Morgan fingerprint density at radius 1 is 1.58 bits per heavy atom. The molecule has 0 bridgehead atoms. The van der Waals surface area contributed by atoms with E-state index in [1.54, 1.807) is 37.1 Å². The Morgan fingerprint density at radius 2 is 2.32 bits per heavy atom. The summed E-state index contributed by atoms with van der Waals surface area (Å²) in [5.74, 6) is -0.107. The average Bonchev–Trinajstić information content (AvgIpc) is 2.73. The molecular formula is C13H16N2O3S. The van der Waals surface area contributed by atoms with Gasteiger partial charge < -0.3 is 19.4 Å². The minimum absolute atomic E-state index is 0.107. The lowest BCUT2D eigenvalue weighted by Gasteiger charge is -2.17. The first-order valence-corrected chi connectivity index (χ1v) is 6.44. The molecule has 1 atom stereocenters. The third kappa shape index (κ3) is 3.21. The zero-order chi connectivity index (χ0) is 14.0. The molecule has 0 saturated carbocycles. The Kier molecular flexibility index (Phi) is 4.01. The maximum Gasteiger partial charge on any atom is 0.266 e. The van der Waals surface area contributed by atoms with Crippen LogP contribution < -0.4 is 0 Å². The quantitative estimate of drug-likeness (QED) is 0.843. The van der Waals surface area contributed by atoms with Crippen LogP contribution in [-0.2, 0) is 0 Å². The van der Waals surface area contributed by atoms with Crippen molar-refractivity contribution in [2.24, 2.45) is 0 Å². The Morgan fingerprint density at radius 3 is 3.00 bits per heavy atom. The molecule has 1 aromatic carbocycles. The Balaban J connectivity index is 2.18. The molecule has 1 amide bonds. The molecule has 0 aliphatic rings. The highest BCUT2D eigenvalue weighted by atomic mass is 32.1. The van der Waals surface area contributed by atoms with E-state index in [2.05, 4.69) is 4.98 Å². The molecule has 1 heterocycles. The fraction of sp³-hybridized carbons (Fsp3) is 0.385. The second-order valence-electron chi connectivity index (χ2n) is 4.59. The Hall–Kier alpha value is -1.66. The van der Waals surface area contributed by atoms with Crippen LogP contribution in [0.2, 0.25) is 0 Å². The van der Waals surface area contributed by atoms with E-state index in [-0.39, 0.29) is 5.91 Å². The van der Waals surface area contributed by atoms with Crippen molar-refractivity contribution in [1.29, 1.82) is 0 Å². The van der Waals surface area contributed by atoms with Crippen molar-refractivity contribution in [3.63, 3.8) is 0 Å². The van der Waals surface area contributed by atoms with Crippen molar-refractivity contribution in [2.45, 2.75) is 19.4 Å². The monoisotopic (exact) mass is 280 g/mol. The average molecular weight is 280 g/mol. The number of oxazole rings is 1. The minimum Gasteiger partial charge on any atom is -0.429 e. The van der Waals surface area contributed by atoms with E-state index in [1.165, 1.54) is 0 Å². The number of fused-ring (bicyclic) bond motifs is 1. The molecule has 2 aromatic rings. The predicted molar refractivity (Wildman–Crippen MR) is 74.7 cm³/mol. The maximum atomic E-state index is 12.2. The van der Waals surface area contributed by atoms with Crippen LogP contribution in [0.3, 0.4) is 0 Å². The highest BCUT2D eigenvalue weighted by Crippen LogP contribution is 2.16. The lowest BCUT2D eigenvalue weighted by atomic mass is 10.1. The van der Waals surface area contributed by atoms with E-state index in [0.29, 0.717) is 28.9 Å². The second kappa shape index (κ2) is 5.54. The number of aliphatic hydroxyl groups excluding tert-OH is 1. The van der Waals surface area contributed by atoms with Gasteiger partial charge in [-0.25, -0.2) is 0 Å². The molecule has 0 aliphatic carbocycles. The normalized spacial score (nSPS) is 12.6. The molecule has 0 saturated heterocycles. The number of carbonyl (C=O) groups is 1. The Bertz CT molecular complexity index is 645. The maximum absolute atomic E-state index is 12.2. The van der Waals surface area contributed by atoms with E-state index in [1.807, 2.05) is 0 Å². The van der Waals surface area contributed by atoms with E-state index in [9.17, 15) is 9.90 Å². The van der Waals surface area contributed by atoms with Crippen molar-refractivity contribution < 1.29 is 14.3 Å². The molecule has 102 valence electrons.